The summed E-state index contributed by atoms with van der Waals surface area (Å²) in [6.07, 6.45) is -0.222. The second-order valence-electron chi connectivity index (χ2n) is 6.34. The molecule has 1 aliphatic rings. The van der Waals surface area contributed by atoms with Crippen molar-refractivity contribution in [1.82, 2.24) is 15.1 Å². The van der Waals surface area contributed by atoms with Crippen LogP contribution in [0.15, 0.2) is 0 Å². The number of hydrogen-bond donors (Lipinski definition) is 2. The van der Waals surface area contributed by atoms with Gasteiger partial charge in [0.05, 0.1) is 5.41 Å². The fraction of sp³-hybridized carbons (Fsp3) is 0.786. The van der Waals surface area contributed by atoms with Gasteiger partial charge in [0.1, 0.15) is 0 Å². The summed E-state index contributed by atoms with van der Waals surface area (Å²) in [6.45, 7) is 9.82. The number of rotatable bonds is 4. The van der Waals surface area contributed by atoms with Crippen LogP contribution in [0, 0.1) is 5.41 Å². The van der Waals surface area contributed by atoms with Crippen LogP contribution in [-0.4, -0.2) is 65.0 Å². The third-order valence-corrected chi connectivity index (χ3v) is 3.76. The van der Waals surface area contributed by atoms with Crippen molar-refractivity contribution in [2.75, 3.05) is 26.2 Å². The molecule has 0 unspecified atom stereocenters. The molecule has 0 aromatic carbocycles. The summed E-state index contributed by atoms with van der Waals surface area (Å²) in [6, 6.07) is -0.00203. The van der Waals surface area contributed by atoms with Gasteiger partial charge in [-0.05, 0) is 27.7 Å². The zero-order valence-corrected chi connectivity index (χ0v) is 13.2. The van der Waals surface area contributed by atoms with Crippen LogP contribution >= 0.6 is 0 Å². The fourth-order valence-corrected chi connectivity index (χ4v) is 2.16. The number of urea groups is 1. The molecule has 0 radical (unpaired) electrons. The van der Waals surface area contributed by atoms with Gasteiger partial charge in [-0.25, -0.2) is 4.79 Å². The molecule has 21 heavy (non-hydrogen) atoms. The van der Waals surface area contributed by atoms with Crippen molar-refractivity contribution in [1.29, 1.82) is 0 Å². The summed E-state index contributed by atoms with van der Waals surface area (Å²) in [5, 5.41) is 11.2. The van der Waals surface area contributed by atoms with Gasteiger partial charge in [-0.15, -0.1) is 0 Å². The van der Waals surface area contributed by atoms with Crippen LogP contribution in [0.2, 0.25) is 0 Å². The number of imide groups is 1. The van der Waals surface area contributed by atoms with Gasteiger partial charge >= 0.3 is 12.0 Å². The van der Waals surface area contributed by atoms with E-state index < -0.39 is 23.3 Å². The number of piperazine rings is 1. The van der Waals surface area contributed by atoms with Crippen LogP contribution in [0.5, 0.6) is 0 Å². The Balaban J connectivity index is 2.44. The number of carbonyl (C=O) groups excluding carboxylic acids is 2. The van der Waals surface area contributed by atoms with Crippen molar-refractivity contribution in [3.05, 3.63) is 0 Å². The lowest BCUT2D eigenvalue weighted by Gasteiger charge is -2.36. The molecule has 0 aliphatic carbocycles. The third kappa shape index (κ3) is 5.00. The first-order valence-corrected chi connectivity index (χ1v) is 7.19. The highest BCUT2D eigenvalue weighted by molar-refractivity contribution is 5.96. The predicted octanol–water partition coefficient (Wildman–Crippen LogP) is 0.750. The Labute approximate surface area is 125 Å². The van der Waals surface area contributed by atoms with Crippen molar-refractivity contribution < 1.29 is 19.5 Å². The summed E-state index contributed by atoms with van der Waals surface area (Å²) in [4.78, 5) is 38.5. The molecule has 0 bridgehead atoms. The molecule has 1 fully saturated rings. The SMILES string of the molecule is CC(C)N1CCN(C(=O)NC(=O)CC(C)(C)C(=O)O)CC1. The van der Waals surface area contributed by atoms with E-state index in [4.69, 9.17) is 5.11 Å². The molecule has 1 heterocycles. The zero-order valence-electron chi connectivity index (χ0n) is 13.2. The van der Waals surface area contributed by atoms with Crippen molar-refractivity contribution in [2.45, 2.75) is 40.2 Å². The molecule has 7 heteroatoms. The largest absolute Gasteiger partial charge is 0.481 e. The summed E-state index contributed by atoms with van der Waals surface area (Å²) in [7, 11) is 0. The second kappa shape index (κ2) is 6.89. The third-order valence-electron chi connectivity index (χ3n) is 3.76. The lowest BCUT2D eigenvalue weighted by atomic mass is 9.89. The highest BCUT2D eigenvalue weighted by Crippen LogP contribution is 2.20. The Morgan fingerprint density at radius 1 is 1.14 bits per heavy atom. The van der Waals surface area contributed by atoms with Crippen molar-refractivity contribution in [2.24, 2.45) is 5.41 Å². The first-order valence-electron chi connectivity index (χ1n) is 7.19. The molecule has 7 nitrogen and oxygen atoms in total. The Hall–Kier alpha value is -1.63. The molecule has 0 saturated carbocycles. The van der Waals surface area contributed by atoms with Gasteiger partial charge in [0.25, 0.3) is 0 Å². The van der Waals surface area contributed by atoms with Crippen molar-refractivity contribution in [3.63, 3.8) is 0 Å². The maximum atomic E-state index is 12.0. The zero-order chi connectivity index (χ0) is 16.2. The van der Waals surface area contributed by atoms with Crippen molar-refractivity contribution >= 4 is 17.9 Å². The van der Waals surface area contributed by atoms with E-state index >= 15 is 0 Å². The van der Waals surface area contributed by atoms with Gasteiger partial charge in [0.15, 0.2) is 0 Å². The van der Waals surface area contributed by atoms with Crippen LogP contribution in [0.3, 0.4) is 0 Å². The molecular weight excluding hydrogens is 274 g/mol. The Morgan fingerprint density at radius 2 is 1.67 bits per heavy atom. The summed E-state index contributed by atoms with van der Waals surface area (Å²) in [5.41, 5.74) is -1.18. The van der Waals surface area contributed by atoms with Gasteiger partial charge in [-0.2, -0.15) is 0 Å². The summed E-state index contributed by atoms with van der Waals surface area (Å²) >= 11 is 0. The van der Waals surface area contributed by atoms with E-state index in [1.807, 2.05) is 0 Å². The second-order valence-corrected chi connectivity index (χ2v) is 6.34. The minimum Gasteiger partial charge on any atom is -0.481 e. The highest BCUT2D eigenvalue weighted by Gasteiger charge is 2.31. The number of nitrogens with zero attached hydrogens (tertiary/aromatic N) is 2. The summed E-state index contributed by atoms with van der Waals surface area (Å²) < 4.78 is 0. The molecule has 1 saturated heterocycles. The Bertz CT molecular complexity index is 412. The average Bonchev–Trinajstić information content (AvgIpc) is 2.37. The van der Waals surface area contributed by atoms with Crippen LogP contribution in [0.1, 0.15) is 34.1 Å². The minimum absolute atomic E-state index is 0.222. The molecule has 0 atom stereocenters. The average molecular weight is 299 g/mol. The monoisotopic (exact) mass is 299 g/mol. The number of carboxylic acids is 1. The first kappa shape index (κ1) is 17.4. The number of hydrogen-bond acceptors (Lipinski definition) is 4. The maximum Gasteiger partial charge on any atom is 0.324 e. The number of aliphatic carboxylic acids is 1. The molecule has 120 valence electrons. The molecule has 1 aliphatic heterocycles. The smallest absolute Gasteiger partial charge is 0.324 e. The van der Waals surface area contributed by atoms with E-state index in [-0.39, 0.29) is 6.42 Å². The standard InChI is InChI=1S/C14H25N3O4/c1-10(2)16-5-7-17(8-6-16)13(21)15-11(18)9-14(3,4)12(19)20/h10H,5-9H2,1-4H3,(H,19,20)(H,15,18,21). The fourth-order valence-electron chi connectivity index (χ4n) is 2.16. The number of amides is 3. The van der Waals surface area contributed by atoms with Crippen LogP contribution in [0.25, 0.3) is 0 Å². The van der Waals surface area contributed by atoms with Gasteiger partial charge < -0.3 is 10.0 Å². The van der Waals surface area contributed by atoms with Crippen LogP contribution < -0.4 is 5.32 Å². The molecule has 0 spiro atoms. The van der Waals surface area contributed by atoms with Crippen molar-refractivity contribution in [3.8, 4) is 0 Å². The molecule has 2 N–H and O–H groups in total. The quantitative estimate of drug-likeness (QED) is 0.799. The first-order chi connectivity index (χ1) is 9.63. The Kier molecular flexibility index (Phi) is 5.71. The van der Waals surface area contributed by atoms with Gasteiger partial charge in [-0.3, -0.25) is 19.8 Å². The van der Waals surface area contributed by atoms with Crippen LogP contribution in [-0.2, 0) is 9.59 Å². The van der Waals surface area contributed by atoms with Crippen LogP contribution in [0.4, 0.5) is 4.79 Å². The molecule has 1 rings (SSSR count). The molecular formula is C14H25N3O4. The van der Waals surface area contributed by atoms with E-state index in [1.165, 1.54) is 13.8 Å². The topological polar surface area (TPSA) is 90.0 Å². The molecule has 3 amide bonds. The van der Waals surface area contributed by atoms with E-state index in [9.17, 15) is 14.4 Å². The lowest BCUT2D eigenvalue weighted by Crippen LogP contribution is -2.54. The number of nitrogens with one attached hydrogen (secondary N) is 1. The highest BCUT2D eigenvalue weighted by atomic mass is 16.4. The van der Waals surface area contributed by atoms with E-state index in [1.54, 1.807) is 4.90 Å². The number of carboxylic acid groups (broad SMARTS) is 1. The van der Waals surface area contributed by atoms with E-state index in [0.29, 0.717) is 19.1 Å². The Morgan fingerprint density at radius 3 is 2.10 bits per heavy atom. The molecule has 0 aromatic rings. The van der Waals surface area contributed by atoms with E-state index in [2.05, 4.69) is 24.1 Å². The number of carbonyl (C=O) groups is 3. The van der Waals surface area contributed by atoms with Gasteiger partial charge in [-0.1, -0.05) is 0 Å². The van der Waals surface area contributed by atoms with Gasteiger partial charge in [0.2, 0.25) is 5.91 Å². The predicted molar refractivity (Wildman–Crippen MR) is 77.9 cm³/mol. The maximum absolute atomic E-state index is 12.0. The normalized spacial score (nSPS) is 16.9. The van der Waals surface area contributed by atoms with E-state index in [0.717, 1.165) is 13.1 Å². The minimum atomic E-state index is -1.18. The van der Waals surface area contributed by atoms with Gasteiger partial charge in [0, 0.05) is 38.6 Å². The lowest BCUT2D eigenvalue weighted by molar-refractivity contribution is -0.149. The summed E-state index contributed by atoms with van der Waals surface area (Å²) in [5.74, 6) is -1.62. The molecule has 0 aromatic heterocycles.